The van der Waals surface area contributed by atoms with E-state index >= 15 is 0 Å². The number of hydrogen-bond acceptors (Lipinski definition) is 1. The molecular formula is C19H42N3+. The zero-order valence-corrected chi connectivity index (χ0v) is 16.3. The highest BCUT2D eigenvalue weighted by molar-refractivity contribution is 5.73. The van der Waals surface area contributed by atoms with E-state index < -0.39 is 0 Å². The van der Waals surface area contributed by atoms with E-state index in [9.17, 15) is 0 Å². The summed E-state index contributed by atoms with van der Waals surface area (Å²) >= 11 is 0. The van der Waals surface area contributed by atoms with Crippen LogP contribution in [0.5, 0.6) is 0 Å². The van der Waals surface area contributed by atoms with Crippen molar-refractivity contribution in [3.05, 3.63) is 0 Å². The molecule has 0 aromatic heterocycles. The molecule has 22 heavy (non-hydrogen) atoms. The fourth-order valence-electron chi connectivity index (χ4n) is 2.67. The molecule has 0 N–H and O–H groups in total. The number of nitrogens with zero attached hydrogens (tertiary/aromatic N) is 3. The van der Waals surface area contributed by atoms with Crippen LogP contribution in [0.4, 0.5) is 0 Å². The molecule has 3 heteroatoms. The Hall–Kier alpha value is -0.570. The van der Waals surface area contributed by atoms with Gasteiger partial charge in [0.15, 0.2) is 0 Å². The fourth-order valence-corrected chi connectivity index (χ4v) is 2.67. The summed E-state index contributed by atoms with van der Waals surface area (Å²) in [5.41, 5.74) is 0. The second kappa shape index (κ2) is 12.9. The lowest BCUT2D eigenvalue weighted by atomic mass is 10.2. The highest BCUT2D eigenvalue weighted by atomic mass is 15.5. The molecule has 0 aromatic carbocycles. The van der Waals surface area contributed by atoms with Gasteiger partial charge in [-0.05, 0) is 25.7 Å². The highest BCUT2D eigenvalue weighted by Gasteiger charge is 2.28. The number of guanidine groups is 1. The number of unbranched alkanes of at least 4 members (excludes halogenated alkanes) is 4. The predicted octanol–water partition coefficient (Wildman–Crippen LogP) is 4.92. The summed E-state index contributed by atoms with van der Waals surface area (Å²) in [5, 5.41) is 0. The monoisotopic (exact) mass is 312 g/mol. The minimum Gasteiger partial charge on any atom is -0.311 e. The Morgan fingerprint density at radius 3 is 1.73 bits per heavy atom. The van der Waals surface area contributed by atoms with Crippen molar-refractivity contribution in [3.8, 4) is 0 Å². The number of quaternary nitrogens is 1. The molecule has 0 spiro atoms. The number of hydrogen-bond donors (Lipinski definition) is 0. The maximum Gasteiger partial charge on any atom is 0.299 e. The molecular weight excluding hydrogens is 270 g/mol. The highest BCUT2D eigenvalue weighted by Crippen LogP contribution is 2.12. The molecule has 0 bridgehead atoms. The molecule has 0 aliphatic rings. The molecule has 0 radical (unpaired) electrons. The van der Waals surface area contributed by atoms with Crippen molar-refractivity contribution in [1.29, 1.82) is 0 Å². The average molecular weight is 313 g/mol. The molecule has 3 nitrogen and oxygen atoms in total. The maximum atomic E-state index is 5.06. The van der Waals surface area contributed by atoms with Gasteiger partial charge in [-0.3, -0.25) is 4.48 Å². The van der Waals surface area contributed by atoms with Gasteiger partial charge in [-0.1, -0.05) is 53.4 Å². The SMILES string of the molecule is CCCCN=C(N(CCCC)CCCC)[N+](C)(C)CCCC. The summed E-state index contributed by atoms with van der Waals surface area (Å²) in [6.07, 6.45) is 10.0. The molecule has 0 aliphatic heterocycles. The van der Waals surface area contributed by atoms with Crippen molar-refractivity contribution in [2.75, 3.05) is 40.3 Å². The quantitative estimate of drug-likeness (QED) is 0.216. The van der Waals surface area contributed by atoms with Crippen LogP contribution in [0, 0.1) is 0 Å². The molecule has 0 atom stereocenters. The molecule has 0 aliphatic carbocycles. The van der Waals surface area contributed by atoms with Crippen LogP contribution in [-0.4, -0.2) is 55.6 Å². The van der Waals surface area contributed by atoms with Gasteiger partial charge < -0.3 is 4.90 Å². The Labute approximate surface area is 140 Å². The summed E-state index contributed by atoms with van der Waals surface area (Å²) in [5.74, 6) is 1.32. The van der Waals surface area contributed by atoms with Crippen molar-refractivity contribution in [2.45, 2.75) is 79.1 Å². The van der Waals surface area contributed by atoms with Gasteiger partial charge in [-0.15, -0.1) is 0 Å². The third-order valence-corrected chi connectivity index (χ3v) is 4.22. The molecule has 132 valence electrons. The van der Waals surface area contributed by atoms with E-state index in [1.54, 1.807) is 0 Å². The Balaban J connectivity index is 5.13. The average Bonchev–Trinajstić information content (AvgIpc) is 2.50. The zero-order chi connectivity index (χ0) is 16.8. The largest absolute Gasteiger partial charge is 0.311 e. The van der Waals surface area contributed by atoms with Crippen LogP contribution >= 0.6 is 0 Å². The van der Waals surface area contributed by atoms with Crippen LogP contribution in [0.25, 0.3) is 0 Å². The molecule has 0 fully saturated rings. The molecule has 0 rings (SSSR count). The Kier molecular flexibility index (Phi) is 12.6. The van der Waals surface area contributed by atoms with Crippen LogP contribution in [0.2, 0.25) is 0 Å². The molecule has 0 heterocycles. The van der Waals surface area contributed by atoms with Gasteiger partial charge in [-0.25, -0.2) is 4.99 Å². The van der Waals surface area contributed by atoms with E-state index in [1.165, 1.54) is 63.9 Å². The lowest BCUT2D eigenvalue weighted by Gasteiger charge is -2.36. The van der Waals surface area contributed by atoms with Gasteiger partial charge >= 0.3 is 0 Å². The van der Waals surface area contributed by atoms with Gasteiger partial charge in [0.1, 0.15) is 0 Å². The van der Waals surface area contributed by atoms with Gasteiger partial charge in [0.25, 0.3) is 5.96 Å². The fraction of sp³-hybridized carbons (Fsp3) is 0.947. The van der Waals surface area contributed by atoms with Crippen molar-refractivity contribution >= 4 is 5.96 Å². The molecule has 0 amide bonds. The smallest absolute Gasteiger partial charge is 0.299 e. The topological polar surface area (TPSA) is 15.6 Å². The van der Waals surface area contributed by atoms with Crippen LogP contribution < -0.4 is 0 Å². The molecule has 0 saturated carbocycles. The second-order valence-electron chi connectivity index (χ2n) is 6.99. The summed E-state index contributed by atoms with van der Waals surface area (Å²) in [7, 11) is 4.68. The van der Waals surface area contributed by atoms with Crippen LogP contribution in [0.15, 0.2) is 4.99 Å². The van der Waals surface area contributed by atoms with Crippen LogP contribution in [0.1, 0.15) is 79.1 Å². The lowest BCUT2D eigenvalue weighted by Crippen LogP contribution is -2.55. The minimum atomic E-state index is 0.935. The molecule has 0 aromatic rings. The summed E-state index contributed by atoms with van der Waals surface area (Å²) in [4.78, 5) is 7.64. The number of aliphatic imine (C=N–C) groups is 1. The predicted molar refractivity (Wildman–Crippen MR) is 100 cm³/mol. The Morgan fingerprint density at radius 1 is 0.773 bits per heavy atom. The third kappa shape index (κ3) is 8.77. The van der Waals surface area contributed by atoms with Crippen molar-refractivity contribution in [3.63, 3.8) is 0 Å². The van der Waals surface area contributed by atoms with E-state index in [2.05, 4.69) is 46.7 Å². The first-order valence-corrected chi connectivity index (χ1v) is 9.66. The van der Waals surface area contributed by atoms with Crippen LogP contribution in [-0.2, 0) is 0 Å². The first-order chi connectivity index (χ1) is 10.5. The summed E-state index contributed by atoms with van der Waals surface area (Å²) in [6, 6.07) is 0. The Bertz CT molecular complexity index is 276. The molecule has 0 saturated heterocycles. The molecule has 0 unspecified atom stereocenters. The zero-order valence-electron chi connectivity index (χ0n) is 16.3. The van der Waals surface area contributed by atoms with E-state index in [0.717, 1.165) is 24.1 Å². The summed E-state index contributed by atoms with van der Waals surface area (Å²) < 4.78 is 0.935. The van der Waals surface area contributed by atoms with E-state index in [4.69, 9.17) is 4.99 Å². The maximum absolute atomic E-state index is 5.06. The van der Waals surface area contributed by atoms with Gasteiger partial charge in [0.2, 0.25) is 0 Å². The first-order valence-electron chi connectivity index (χ1n) is 9.66. The second-order valence-corrected chi connectivity index (χ2v) is 6.99. The van der Waals surface area contributed by atoms with Crippen molar-refractivity contribution < 1.29 is 4.48 Å². The van der Waals surface area contributed by atoms with Crippen molar-refractivity contribution in [2.24, 2.45) is 4.99 Å². The van der Waals surface area contributed by atoms with Gasteiger partial charge in [0.05, 0.1) is 20.6 Å². The minimum absolute atomic E-state index is 0.935. The van der Waals surface area contributed by atoms with E-state index in [1.807, 2.05) is 0 Å². The van der Waals surface area contributed by atoms with Crippen molar-refractivity contribution in [1.82, 2.24) is 4.90 Å². The van der Waals surface area contributed by atoms with E-state index in [-0.39, 0.29) is 0 Å². The lowest BCUT2D eigenvalue weighted by molar-refractivity contribution is -0.805. The first kappa shape index (κ1) is 21.4. The standard InChI is InChI=1S/C19H42N3/c1-7-11-15-20-19(22(5,6)18-14-10-4)21(16-12-8-2)17-13-9-3/h7-18H2,1-6H3/q+1. The van der Waals surface area contributed by atoms with Crippen LogP contribution in [0.3, 0.4) is 0 Å². The number of rotatable bonds is 12. The summed E-state index contributed by atoms with van der Waals surface area (Å²) in [6.45, 7) is 13.6. The van der Waals surface area contributed by atoms with Gasteiger partial charge in [0, 0.05) is 19.6 Å². The Morgan fingerprint density at radius 2 is 1.27 bits per heavy atom. The normalized spacial score (nSPS) is 12.7. The van der Waals surface area contributed by atoms with E-state index in [0.29, 0.717) is 0 Å². The van der Waals surface area contributed by atoms with Gasteiger partial charge in [-0.2, -0.15) is 0 Å². The third-order valence-electron chi connectivity index (χ3n) is 4.22.